The molecule has 0 amide bonds. The fourth-order valence-corrected chi connectivity index (χ4v) is 3.25. The Bertz CT molecular complexity index is 325. The summed E-state index contributed by atoms with van der Waals surface area (Å²) in [5.74, 6) is 0. The Morgan fingerprint density at radius 1 is 1.67 bits per heavy atom. The predicted octanol–water partition coefficient (Wildman–Crippen LogP) is 3.09. The lowest BCUT2D eigenvalue weighted by Crippen LogP contribution is -2.42. The maximum Gasteiger partial charge on any atom is 0.0646 e. The summed E-state index contributed by atoms with van der Waals surface area (Å²) in [7, 11) is 0. The molecular weight excluding hydrogens is 274 g/mol. The van der Waals surface area contributed by atoms with E-state index in [4.69, 9.17) is 4.74 Å². The molecule has 0 aliphatic carbocycles. The smallest absolute Gasteiger partial charge is 0.0646 e. The zero-order valence-corrected chi connectivity index (χ0v) is 11.5. The Hall–Kier alpha value is 0.100. The molecule has 1 aromatic heterocycles. The Kier molecular flexibility index (Phi) is 3.50. The Balaban J connectivity index is 1.92. The molecule has 0 saturated carbocycles. The van der Waals surface area contributed by atoms with E-state index in [1.165, 1.54) is 14.2 Å². The SMILES string of the molecule is Cc1sc(CNC2(C)CCOC2)cc1Br. The van der Waals surface area contributed by atoms with Crippen LogP contribution < -0.4 is 5.32 Å². The summed E-state index contributed by atoms with van der Waals surface area (Å²) in [4.78, 5) is 2.73. The third-order valence-corrected chi connectivity index (χ3v) is 4.95. The lowest BCUT2D eigenvalue weighted by molar-refractivity contribution is 0.171. The second kappa shape index (κ2) is 4.53. The number of halogens is 1. The summed E-state index contributed by atoms with van der Waals surface area (Å²) in [6.07, 6.45) is 1.11. The van der Waals surface area contributed by atoms with Gasteiger partial charge in [0.1, 0.15) is 0 Å². The first-order chi connectivity index (χ1) is 7.09. The molecular formula is C11H16BrNOS. The quantitative estimate of drug-likeness (QED) is 0.923. The molecule has 1 unspecified atom stereocenters. The van der Waals surface area contributed by atoms with Gasteiger partial charge in [0.25, 0.3) is 0 Å². The average molecular weight is 290 g/mol. The van der Waals surface area contributed by atoms with Gasteiger partial charge >= 0.3 is 0 Å². The van der Waals surface area contributed by atoms with E-state index in [1.54, 1.807) is 0 Å². The Labute approximate surface area is 103 Å². The number of nitrogens with one attached hydrogen (secondary N) is 1. The van der Waals surface area contributed by atoms with Crippen LogP contribution in [0.15, 0.2) is 10.5 Å². The van der Waals surface area contributed by atoms with Gasteiger partial charge in [0.05, 0.1) is 6.61 Å². The van der Waals surface area contributed by atoms with Gasteiger partial charge in [0, 0.05) is 32.9 Å². The molecule has 2 nitrogen and oxygen atoms in total. The van der Waals surface area contributed by atoms with Gasteiger partial charge in [-0.25, -0.2) is 0 Å². The van der Waals surface area contributed by atoms with Crippen molar-refractivity contribution >= 4 is 27.3 Å². The van der Waals surface area contributed by atoms with Crippen LogP contribution in [-0.2, 0) is 11.3 Å². The monoisotopic (exact) mass is 289 g/mol. The van der Waals surface area contributed by atoms with Crippen LogP contribution in [0.5, 0.6) is 0 Å². The summed E-state index contributed by atoms with van der Waals surface area (Å²) < 4.78 is 6.63. The second-order valence-corrected chi connectivity index (χ2v) is 6.53. The third kappa shape index (κ3) is 2.81. The summed E-state index contributed by atoms with van der Waals surface area (Å²) in [5, 5.41) is 3.58. The van der Waals surface area contributed by atoms with Gasteiger partial charge in [-0.3, -0.25) is 0 Å². The number of ether oxygens (including phenoxy) is 1. The molecule has 1 aromatic rings. The van der Waals surface area contributed by atoms with Gasteiger partial charge in [-0.15, -0.1) is 11.3 Å². The van der Waals surface area contributed by atoms with Gasteiger partial charge in [-0.05, 0) is 42.3 Å². The van der Waals surface area contributed by atoms with Gasteiger partial charge in [-0.2, -0.15) is 0 Å². The zero-order chi connectivity index (χ0) is 10.9. The van der Waals surface area contributed by atoms with E-state index in [0.717, 1.165) is 26.2 Å². The van der Waals surface area contributed by atoms with E-state index in [-0.39, 0.29) is 5.54 Å². The summed E-state index contributed by atoms with van der Waals surface area (Å²) in [6.45, 7) is 7.03. The molecule has 0 bridgehead atoms. The number of hydrogen-bond acceptors (Lipinski definition) is 3. The van der Waals surface area contributed by atoms with Crippen molar-refractivity contribution in [2.75, 3.05) is 13.2 Å². The van der Waals surface area contributed by atoms with Crippen molar-refractivity contribution in [1.82, 2.24) is 5.32 Å². The molecule has 15 heavy (non-hydrogen) atoms. The highest BCUT2D eigenvalue weighted by atomic mass is 79.9. The Morgan fingerprint density at radius 2 is 2.47 bits per heavy atom. The van der Waals surface area contributed by atoms with Gasteiger partial charge in [0.2, 0.25) is 0 Å². The molecule has 1 fully saturated rings. The number of thiophene rings is 1. The summed E-state index contributed by atoms with van der Waals surface area (Å²) in [5.41, 5.74) is 0.171. The highest BCUT2D eigenvalue weighted by molar-refractivity contribution is 9.10. The molecule has 0 radical (unpaired) electrons. The average Bonchev–Trinajstić information content (AvgIpc) is 2.73. The molecule has 4 heteroatoms. The molecule has 1 N–H and O–H groups in total. The lowest BCUT2D eigenvalue weighted by Gasteiger charge is -2.23. The number of hydrogen-bond donors (Lipinski definition) is 1. The largest absolute Gasteiger partial charge is 0.379 e. The van der Waals surface area contributed by atoms with E-state index in [2.05, 4.69) is 41.2 Å². The second-order valence-electron chi connectivity index (χ2n) is 4.33. The molecule has 84 valence electrons. The van der Waals surface area contributed by atoms with E-state index >= 15 is 0 Å². The zero-order valence-electron chi connectivity index (χ0n) is 9.10. The predicted molar refractivity (Wildman–Crippen MR) is 67.4 cm³/mol. The normalized spacial score (nSPS) is 26.1. The van der Waals surface area contributed by atoms with Crippen LogP contribution in [0.3, 0.4) is 0 Å². The number of aryl methyl sites for hydroxylation is 1. The first-order valence-corrected chi connectivity index (χ1v) is 6.78. The van der Waals surface area contributed by atoms with E-state index in [9.17, 15) is 0 Å². The third-order valence-electron chi connectivity index (χ3n) is 2.82. The van der Waals surface area contributed by atoms with Crippen molar-refractivity contribution < 1.29 is 4.74 Å². The lowest BCUT2D eigenvalue weighted by atomic mass is 10.0. The molecule has 1 saturated heterocycles. The van der Waals surface area contributed by atoms with E-state index < -0.39 is 0 Å². The van der Waals surface area contributed by atoms with Crippen LogP contribution in [-0.4, -0.2) is 18.8 Å². The first kappa shape index (κ1) is 11.6. The maximum atomic E-state index is 5.41. The standard InChI is InChI=1S/C11H16BrNOS/c1-8-10(12)5-9(15-8)6-13-11(2)3-4-14-7-11/h5,13H,3-4,6-7H2,1-2H3. The highest BCUT2D eigenvalue weighted by Crippen LogP contribution is 2.27. The maximum absolute atomic E-state index is 5.41. The summed E-state index contributed by atoms with van der Waals surface area (Å²) in [6, 6.07) is 2.20. The van der Waals surface area contributed by atoms with Crippen LogP contribution in [0.25, 0.3) is 0 Å². The van der Waals surface area contributed by atoms with Gasteiger partial charge in [0.15, 0.2) is 0 Å². The van der Waals surface area contributed by atoms with Crippen LogP contribution in [0.4, 0.5) is 0 Å². The minimum atomic E-state index is 0.171. The Morgan fingerprint density at radius 3 is 3.00 bits per heavy atom. The van der Waals surface area contributed by atoms with Crippen LogP contribution >= 0.6 is 27.3 Å². The van der Waals surface area contributed by atoms with Crippen LogP contribution in [0.1, 0.15) is 23.1 Å². The van der Waals surface area contributed by atoms with Crippen molar-refractivity contribution in [3.8, 4) is 0 Å². The van der Waals surface area contributed by atoms with E-state index in [1.807, 2.05) is 11.3 Å². The molecule has 1 atom stereocenters. The minimum Gasteiger partial charge on any atom is -0.379 e. The highest BCUT2D eigenvalue weighted by Gasteiger charge is 2.28. The van der Waals surface area contributed by atoms with Crippen molar-refractivity contribution in [3.63, 3.8) is 0 Å². The molecule has 2 heterocycles. The van der Waals surface area contributed by atoms with Crippen molar-refractivity contribution in [2.45, 2.75) is 32.4 Å². The molecule has 1 aliphatic heterocycles. The van der Waals surface area contributed by atoms with Crippen molar-refractivity contribution in [3.05, 3.63) is 20.3 Å². The first-order valence-electron chi connectivity index (χ1n) is 5.17. The molecule has 0 aromatic carbocycles. The molecule has 2 rings (SSSR count). The van der Waals surface area contributed by atoms with E-state index in [0.29, 0.717) is 0 Å². The van der Waals surface area contributed by atoms with Crippen LogP contribution in [0.2, 0.25) is 0 Å². The van der Waals surface area contributed by atoms with Gasteiger partial charge in [-0.1, -0.05) is 0 Å². The fourth-order valence-electron chi connectivity index (χ4n) is 1.71. The molecule has 1 aliphatic rings. The number of rotatable bonds is 3. The topological polar surface area (TPSA) is 21.3 Å². The van der Waals surface area contributed by atoms with Crippen LogP contribution in [0, 0.1) is 6.92 Å². The summed E-state index contributed by atoms with van der Waals surface area (Å²) >= 11 is 5.39. The van der Waals surface area contributed by atoms with Gasteiger partial charge < -0.3 is 10.1 Å². The van der Waals surface area contributed by atoms with Crippen molar-refractivity contribution in [1.29, 1.82) is 0 Å². The van der Waals surface area contributed by atoms with Crippen molar-refractivity contribution in [2.24, 2.45) is 0 Å². The molecule has 0 spiro atoms. The fraction of sp³-hybridized carbons (Fsp3) is 0.636. The minimum absolute atomic E-state index is 0.171.